The van der Waals surface area contributed by atoms with Crippen LogP contribution in [0.3, 0.4) is 0 Å². The van der Waals surface area contributed by atoms with Crippen LogP contribution < -0.4 is 4.74 Å². The van der Waals surface area contributed by atoms with Crippen LogP contribution in [0, 0.1) is 5.92 Å². The van der Waals surface area contributed by atoms with Crippen molar-refractivity contribution in [2.75, 3.05) is 19.7 Å². The summed E-state index contributed by atoms with van der Waals surface area (Å²) in [7, 11) is -3.40. The normalized spacial score (nSPS) is 17.2. The average Bonchev–Trinajstić information content (AvgIpc) is 2.59. The van der Waals surface area contributed by atoms with E-state index in [4.69, 9.17) is 4.74 Å². The van der Waals surface area contributed by atoms with Gasteiger partial charge in [-0.25, -0.2) is 8.42 Å². The minimum absolute atomic E-state index is 0.381. The summed E-state index contributed by atoms with van der Waals surface area (Å²) in [5.74, 6) is 1.43. The molecule has 2 aromatic carbocycles. The van der Waals surface area contributed by atoms with Gasteiger partial charge < -0.3 is 4.74 Å². The zero-order valence-corrected chi connectivity index (χ0v) is 15.2. The van der Waals surface area contributed by atoms with Gasteiger partial charge in [-0.1, -0.05) is 26.0 Å². The third kappa shape index (κ3) is 3.57. The van der Waals surface area contributed by atoms with E-state index in [0.717, 1.165) is 35.8 Å². The molecule has 24 heavy (non-hydrogen) atoms. The fourth-order valence-electron chi connectivity index (χ4n) is 3.05. The topological polar surface area (TPSA) is 46.6 Å². The number of nitrogens with zero attached hydrogens (tertiary/aromatic N) is 1. The van der Waals surface area contributed by atoms with Crippen LogP contribution in [0.1, 0.15) is 33.1 Å². The fraction of sp³-hybridized carbons (Fsp3) is 0.474. The van der Waals surface area contributed by atoms with Crippen molar-refractivity contribution in [1.82, 2.24) is 4.31 Å². The number of ether oxygens (including phenoxy) is 1. The molecule has 1 aliphatic heterocycles. The number of benzene rings is 2. The van der Waals surface area contributed by atoms with E-state index >= 15 is 0 Å². The Morgan fingerprint density at radius 2 is 1.75 bits per heavy atom. The van der Waals surface area contributed by atoms with Crippen molar-refractivity contribution in [1.29, 1.82) is 0 Å². The molecule has 0 aromatic heterocycles. The summed E-state index contributed by atoms with van der Waals surface area (Å²) in [6.07, 6.45) is 2.83. The van der Waals surface area contributed by atoms with Crippen LogP contribution in [-0.2, 0) is 10.0 Å². The summed E-state index contributed by atoms with van der Waals surface area (Å²) in [5.41, 5.74) is 0. The van der Waals surface area contributed by atoms with Gasteiger partial charge in [-0.05, 0) is 60.2 Å². The van der Waals surface area contributed by atoms with Crippen LogP contribution in [0.25, 0.3) is 10.8 Å². The van der Waals surface area contributed by atoms with Crippen molar-refractivity contribution >= 4 is 20.8 Å². The van der Waals surface area contributed by atoms with Gasteiger partial charge in [0.2, 0.25) is 10.0 Å². The highest BCUT2D eigenvalue weighted by atomic mass is 32.2. The second-order valence-corrected chi connectivity index (χ2v) is 8.54. The number of piperidine rings is 1. The Kier molecular flexibility index (Phi) is 5.11. The van der Waals surface area contributed by atoms with Crippen LogP contribution in [0.4, 0.5) is 0 Å². The average molecular weight is 347 g/mol. The standard InChI is InChI=1S/C19H25NO3S/c1-3-12-23-18-6-4-17-14-19(7-5-16(17)13-18)24(21,22)20-10-8-15(2)9-11-20/h4-7,13-15H,3,8-12H2,1-2H3. The van der Waals surface area contributed by atoms with E-state index in [1.54, 1.807) is 16.4 Å². The summed E-state index contributed by atoms with van der Waals surface area (Å²) < 4.78 is 33.0. The maximum absolute atomic E-state index is 12.8. The molecule has 5 heteroatoms. The van der Waals surface area contributed by atoms with Gasteiger partial charge in [0.1, 0.15) is 5.75 Å². The van der Waals surface area contributed by atoms with Gasteiger partial charge in [-0.3, -0.25) is 0 Å². The Morgan fingerprint density at radius 3 is 2.46 bits per heavy atom. The van der Waals surface area contributed by atoms with E-state index in [-0.39, 0.29) is 0 Å². The lowest BCUT2D eigenvalue weighted by Crippen LogP contribution is -2.37. The SMILES string of the molecule is CCCOc1ccc2cc(S(=O)(=O)N3CCC(C)CC3)ccc2c1. The fourth-order valence-corrected chi connectivity index (χ4v) is 4.55. The molecule has 0 atom stereocenters. The molecule has 0 unspecified atom stereocenters. The predicted octanol–water partition coefficient (Wildman–Crippen LogP) is 4.05. The molecule has 130 valence electrons. The van der Waals surface area contributed by atoms with Crippen molar-refractivity contribution in [3.8, 4) is 5.75 Å². The summed E-state index contributed by atoms with van der Waals surface area (Å²) >= 11 is 0. The molecule has 1 fully saturated rings. The van der Waals surface area contributed by atoms with Gasteiger partial charge >= 0.3 is 0 Å². The smallest absolute Gasteiger partial charge is 0.243 e. The van der Waals surface area contributed by atoms with E-state index < -0.39 is 10.0 Å². The lowest BCUT2D eigenvalue weighted by Gasteiger charge is -2.29. The van der Waals surface area contributed by atoms with E-state index in [1.165, 1.54) is 0 Å². The van der Waals surface area contributed by atoms with Gasteiger partial charge in [0.05, 0.1) is 11.5 Å². The van der Waals surface area contributed by atoms with Crippen LogP contribution in [0.15, 0.2) is 41.3 Å². The van der Waals surface area contributed by atoms with E-state index in [0.29, 0.717) is 30.5 Å². The van der Waals surface area contributed by atoms with E-state index in [9.17, 15) is 8.42 Å². The third-order valence-corrected chi connectivity index (χ3v) is 6.53. The highest BCUT2D eigenvalue weighted by Gasteiger charge is 2.28. The van der Waals surface area contributed by atoms with Crippen LogP contribution >= 0.6 is 0 Å². The number of rotatable bonds is 5. The Morgan fingerprint density at radius 1 is 1.08 bits per heavy atom. The minimum atomic E-state index is -3.40. The molecule has 0 amide bonds. The van der Waals surface area contributed by atoms with Gasteiger partial charge in [0, 0.05) is 13.1 Å². The molecule has 0 aliphatic carbocycles. The number of sulfonamides is 1. The lowest BCUT2D eigenvalue weighted by molar-refractivity contribution is 0.288. The quantitative estimate of drug-likeness (QED) is 0.820. The highest BCUT2D eigenvalue weighted by molar-refractivity contribution is 7.89. The predicted molar refractivity (Wildman–Crippen MR) is 96.9 cm³/mol. The second-order valence-electron chi connectivity index (χ2n) is 6.61. The minimum Gasteiger partial charge on any atom is -0.494 e. The Bertz CT molecular complexity index is 808. The van der Waals surface area contributed by atoms with Crippen molar-refractivity contribution in [3.63, 3.8) is 0 Å². The van der Waals surface area contributed by atoms with Crippen LogP contribution in [-0.4, -0.2) is 32.4 Å². The van der Waals surface area contributed by atoms with E-state index in [1.807, 2.05) is 24.3 Å². The molecule has 0 spiro atoms. The molecule has 1 aliphatic rings. The molecule has 2 aromatic rings. The summed E-state index contributed by atoms with van der Waals surface area (Å²) in [4.78, 5) is 0.381. The first-order valence-electron chi connectivity index (χ1n) is 8.67. The maximum Gasteiger partial charge on any atom is 0.243 e. The molecule has 0 saturated carbocycles. The van der Waals surface area contributed by atoms with Crippen LogP contribution in [0.5, 0.6) is 5.75 Å². The van der Waals surface area contributed by atoms with Crippen molar-refractivity contribution in [2.45, 2.75) is 38.0 Å². The lowest BCUT2D eigenvalue weighted by atomic mass is 10.0. The first kappa shape index (κ1) is 17.2. The van der Waals surface area contributed by atoms with Gasteiger partial charge in [-0.2, -0.15) is 4.31 Å². The summed E-state index contributed by atoms with van der Waals surface area (Å²) in [6, 6.07) is 11.1. The first-order valence-corrected chi connectivity index (χ1v) is 10.1. The number of hydrogen-bond donors (Lipinski definition) is 0. The Hall–Kier alpha value is -1.59. The van der Waals surface area contributed by atoms with Crippen molar-refractivity contribution in [2.24, 2.45) is 5.92 Å². The molecule has 0 radical (unpaired) electrons. The number of fused-ring (bicyclic) bond motifs is 1. The molecular weight excluding hydrogens is 322 g/mol. The van der Waals surface area contributed by atoms with Gasteiger partial charge in [0.15, 0.2) is 0 Å². The monoisotopic (exact) mass is 347 g/mol. The molecule has 1 saturated heterocycles. The Balaban J connectivity index is 1.87. The van der Waals surface area contributed by atoms with E-state index in [2.05, 4.69) is 13.8 Å². The zero-order chi connectivity index (χ0) is 17.2. The highest BCUT2D eigenvalue weighted by Crippen LogP contribution is 2.27. The van der Waals surface area contributed by atoms with Gasteiger partial charge in [0.25, 0.3) is 0 Å². The third-order valence-electron chi connectivity index (χ3n) is 4.64. The number of hydrogen-bond acceptors (Lipinski definition) is 3. The zero-order valence-electron chi connectivity index (χ0n) is 14.4. The first-order chi connectivity index (χ1) is 11.5. The molecule has 0 N–H and O–H groups in total. The molecular formula is C19H25NO3S. The molecule has 4 nitrogen and oxygen atoms in total. The summed E-state index contributed by atoms with van der Waals surface area (Å²) in [5, 5.41) is 1.92. The van der Waals surface area contributed by atoms with Gasteiger partial charge in [-0.15, -0.1) is 0 Å². The largest absolute Gasteiger partial charge is 0.494 e. The molecule has 0 bridgehead atoms. The summed E-state index contributed by atoms with van der Waals surface area (Å²) in [6.45, 7) is 6.17. The molecule has 1 heterocycles. The Labute approximate surface area is 144 Å². The second kappa shape index (κ2) is 7.11. The molecule has 3 rings (SSSR count). The maximum atomic E-state index is 12.8. The van der Waals surface area contributed by atoms with Crippen LogP contribution in [0.2, 0.25) is 0 Å². The van der Waals surface area contributed by atoms with Crippen molar-refractivity contribution in [3.05, 3.63) is 36.4 Å². The van der Waals surface area contributed by atoms with Crippen molar-refractivity contribution < 1.29 is 13.2 Å².